The van der Waals surface area contributed by atoms with Gasteiger partial charge in [0.2, 0.25) is 0 Å². The molecule has 0 saturated heterocycles. The Morgan fingerprint density at radius 1 is 1.16 bits per heavy atom. The van der Waals surface area contributed by atoms with Gasteiger partial charge in [-0.05, 0) is 60.5 Å². The van der Waals surface area contributed by atoms with Crippen molar-refractivity contribution in [1.29, 1.82) is 0 Å². The third kappa shape index (κ3) is 6.81. The fraction of sp³-hybridized carbons (Fsp3) is 0.233. The van der Waals surface area contributed by atoms with Gasteiger partial charge in [-0.3, -0.25) is 8.99 Å². The molecule has 0 N–H and O–H groups in total. The normalized spacial score (nSPS) is 15.4. The molecule has 45 heavy (non-hydrogen) atoms. The van der Waals surface area contributed by atoms with Crippen LogP contribution in [0.4, 0.5) is 23.2 Å². The minimum atomic E-state index is -4.76. The first-order valence-corrected chi connectivity index (χ1v) is 15.2. The first-order valence-electron chi connectivity index (χ1n) is 13.4. The van der Waals surface area contributed by atoms with Crippen LogP contribution in [-0.2, 0) is 27.5 Å². The fourth-order valence-electron chi connectivity index (χ4n) is 4.84. The van der Waals surface area contributed by atoms with Crippen LogP contribution in [0.5, 0.6) is 5.75 Å². The molecule has 4 aromatic rings. The van der Waals surface area contributed by atoms with E-state index in [9.17, 15) is 30.8 Å². The lowest BCUT2D eigenvalue weighted by atomic mass is 10.0. The number of sulfonamides is 1. The molecule has 3 aromatic carbocycles. The van der Waals surface area contributed by atoms with Crippen LogP contribution in [0.25, 0.3) is 11.6 Å². The highest BCUT2D eigenvalue weighted by atomic mass is 35.5. The number of aryl methyl sites for hydroxylation is 1. The summed E-state index contributed by atoms with van der Waals surface area (Å²) in [4.78, 5) is 11.2. The minimum Gasteiger partial charge on any atom is -0.486 e. The number of esters is 1. The lowest BCUT2D eigenvalue weighted by molar-refractivity contribution is -0.137. The van der Waals surface area contributed by atoms with E-state index in [1.807, 2.05) is 0 Å². The maximum Gasteiger partial charge on any atom is 0.416 e. The molecular weight excluding hydrogens is 640 g/mol. The largest absolute Gasteiger partial charge is 0.486 e. The molecule has 0 bridgehead atoms. The predicted octanol–water partition coefficient (Wildman–Crippen LogP) is 6.48. The molecule has 9 nitrogen and oxygen atoms in total. The maximum atomic E-state index is 14.6. The van der Waals surface area contributed by atoms with E-state index in [2.05, 4.69) is 15.0 Å². The molecule has 0 amide bonds. The monoisotopic (exact) mass is 664 g/mol. The number of carbonyl (C=O) groups excluding carboxylic acids is 1. The third-order valence-electron chi connectivity index (χ3n) is 7.02. The Morgan fingerprint density at radius 2 is 1.91 bits per heavy atom. The van der Waals surface area contributed by atoms with Crippen molar-refractivity contribution in [2.75, 3.05) is 18.0 Å². The number of methoxy groups -OCH3 is 1. The highest BCUT2D eigenvalue weighted by Crippen LogP contribution is 2.40. The van der Waals surface area contributed by atoms with Crippen LogP contribution in [0.3, 0.4) is 0 Å². The number of hydrogen-bond donors (Lipinski definition) is 0. The van der Waals surface area contributed by atoms with Gasteiger partial charge in [-0.1, -0.05) is 41.1 Å². The number of carbonyl (C=O) groups is 1. The predicted molar refractivity (Wildman–Crippen MR) is 158 cm³/mol. The summed E-state index contributed by atoms with van der Waals surface area (Å²) >= 11 is 6.21. The molecule has 15 heteroatoms. The van der Waals surface area contributed by atoms with Gasteiger partial charge in [0.1, 0.15) is 17.7 Å². The summed E-state index contributed by atoms with van der Waals surface area (Å²) in [6, 6.07) is 12.4. The Morgan fingerprint density at radius 3 is 2.62 bits per heavy atom. The standard InChI is InChI=1S/C30H25ClF4N4O5S/c1-18(28-23(31)7-4-8-24(28)32)13-19-9-10-27-26(14-19)39(45(41,42)22-6-3-5-20(15-22)30(33,34)35)16-21(44-27)11-12-38-17-25(36-37-38)29(40)43-2/h3-10,13-15,17,21H,11-12,16H2,1-2H3. The van der Waals surface area contributed by atoms with Gasteiger partial charge in [0.25, 0.3) is 10.0 Å². The summed E-state index contributed by atoms with van der Waals surface area (Å²) in [5.74, 6) is -1.06. The maximum absolute atomic E-state index is 14.6. The van der Waals surface area contributed by atoms with Crippen molar-refractivity contribution in [2.24, 2.45) is 0 Å². The molecule has 2 heterocycles. The molecule has 1 aromatic heterocycles. The number of fused-ring (bicyclic) bond motifs is 1. The summed E-state index contributed by atoms with van der Waals surface area (Å²) in [5, 5.41) is 7.79. The molecule has 1 atom stereocenters. The van der Waals surface area contributed by atoms with Gasteiger partial charge in [0.15, 0.2) is 5.69 Å². The van der Waals surface area contributed by atoms with E-state index < -0.39 is 44.5 Å². The highest BCUT2D eigenvalue weighted by molar-refractivity contribution is 7.92. The topological polar surface area (TPSA) is 104 Å². The molecule has 0 spiro atoms. The van der Waals surface area contributed by atoms with Crippen molar-refractivity contribution in [2.45, 2.75) is 37.1 Å². The van der Waals surface area contributed by atoms with Crippen LogP contribution in [-0.4, -0.2) is 49.1 Å². The molecule has 5 rings (SSSR count). The number of anilines is 1. The zero-order chi connectivity index (χ0) is 32.5. The minimum absolute atomic E-state index is 0.0197. The Labute approximate surface area is 260 Å². The van der Waals surface area contributed by atoms with E-state index in [1.54, 1.807) is 19.1 Å². The molecule has 0 radical (unpaired) electrons. The average molecular weight is 665 g/mol. The fourth-order valence-corrected chi connectivity index (χ4v) is 6.69. The van der Waals surface area contributed by atoms with Crippen molar-refractivity contribution in [3.63, 3.8) is 0 Å². The second kappa shape index (κ2) is 12.5. The number of ether oxygens (including phenoxy) is 2. The van der Waals surface area contributed by atoms with Gasteiger partial charge < -0.3 is 9.47 Å². The lowest BCUT2D eigenvalue weighted by Gasteiger charge is -2.36. The van der Waals surface area contributed by atoms with Crippen LogP contribution in [0.1, 0.15) is 40.5 Å². The van der Waals surface area contributed by atoms with Gasteiger partial charge in [-0.25, -0.2) is 17.6 Å². The zero-order valence-electron chi connectivity index (χ0n) is 23.8. The number of nitrogens with zero attached hydrogens (tertiary/aromatic N) is 4. The van der Waals surface area contributed by atoms with Gasteiger partial charge in [0.05, 0.1) is 41.0 Å². The quantitative estimate of drug-likeness (QED) is 0.121. The number of allylic oxidation sites excluding steroid dienone is 1. The van der Waals surface area contributed by atoms with Crippen molar-refractivity contribution in [1.82, 2.24) is 15.0 Å². The van der Waals surface area contributed by atoms with E-state index in [-0.39, 0.29) is 47.2 Å². The number of benzene rings is 3. The Hall–Kier alpha value is -4.43. The molecule has 0 aliphatic carbocycles. The van der Waals surface area contributed by atoms with Crippen LogP contribution < -0.4 is 9.04 Å². The SMILES string of the molecule is COC(=O)c1cn(CCC2CN(S(=O)(=O)c3cccc(C(F)(F)F)c3)c3cc(C=C(C)c4c(F)cccc4Cl)ccc3O2)nn1. The molecule has 1 aliphatic rings. The smallest absolute Gasteiger partial charge is 0.416 e. The molecule has 0 fully saturated rings. The van der Waals surface area contributed by atoms with Crippen molar-refractivity contribution < 1.29 is 40.2 Å². The second-order valence-electron chi connectivity index (χ2n) is 10.1. The summed E-state index contributed by atoms with van der Waals surface area (Å²) in [7, 11) is -3.34. The Balaban J connectivity index is 1.52. The number of halogens is 5. The van der Waals surface area contributed by atoms with Crippen LogP contribution in [0, 0.1) is 5.82 Å². The zero-order valence-corrected chi connectivity index (χ0v) is 25.3. The highest BCUT2D eigenvalue weighted by Gasteiger charge is 2.37. The van der Waals surface area contributed by atoms with Gasteiger partial charge >= 0.3 is 12.1 Å². The van der Waals surface area contributed by atoms with Crippen molar-refractivity contribution in [3.05, 3.63) is 100 Å². The average Bonchev–Trinajstić information content (AvgIpc) is 3.48. The molecule has 236 valence electrons. The number of rotatable bonds is 8. The number of aromatic nitrogens is 3. The Kier molecular flexibility index (Phi) is 8.90. The van der Waals surface area contributed by atoms with E-state index in [1.165, 1.54) is 48.3 Å². The second-order valence-corrected chi connectivity index (χ2v) is 12.4. The van der Waals surface area contributed by atoms with Gasteiger partial charge in [-0.15, -0.1) is 5.10 Å². The van der Waals surface area contributed by atoms with Crippen LogP contribution in [0.15, 0.2) is 71.8 Å². The Bertz CT molecular complexity index is 1870. The van der Waals surface area contributed by atoms with Crippen LogP contribution in [0.2, 0.25) is 5.02 Å². The molecule has 0 saturated carbocycles. The molecule has 1 unspecified atom stereocenters. The van der Waals surface area contributed by atoms with Crippen molar-refractivity contribution in [3.8, 4) is 5.75 Å². The van der Waals surface area contributed by atoms with Crippen molar-refractivity contribution >= 4 is 44.9 Å². The summed E-state index contributed by atoms with van der Waals surface area (Å²) in [5.41, 5.74) is 0.0431. The van der Waals surface area contributed by atoms with E-state index in [4.69, 9.17) is 16.3 Å². The summed E-state index contributed by atoms with van der Waals surface area (Å²) in [6.07, 6.45) is -2.35. The van der Waals surface area contributed by atoms with Gasteiger partial charge in [-0.2, -0.15) is 13.2 Å². The van der Waals surface area contributed by atoms with E-state index in [0.717, 1.165) is 22.5 Å². The van der Waals surface area contributed by atoms with Gasteiger partial charge in [0, 0.05) is 18.5 Å². The number of hydrogen-bond acceptors (Lipinski definition) is 7. The molecule has 1 aliphatic heterocycles. The molecular formula is C30H25ClF4N4O5S. The first kappa shape index (κ1) is 32.0. The lowest BCUT2D eigenvalue weighted by Crippen LogP contribution is -2.44. The summed E-state index contributed by atoms with van der Waals surface area (Å²) < 4.78 is 96.0. The first-order chi connectivity index (χ1) is 21.3. The van der Waals surface area contributed by atoms with Crippen LogP contribution >= 0.6 is 11.6 Å². The number of alkyl halides is 3. The third-order valence-corrected chi connectivity index (χ3v) is 9.11. The van der Waals surface area contributed by atoms with E-state index >= 15 is 0 Å². The summed E-state index contributed by atoms with van der Waals surface area (Å²) in [6.45, 7) is 1.56. The van der Waals surface area contributed by atoms with E-state index in [0.29, 0.717) is 17.2 Å².